The zero-order chi connectivity index (χ0) is 14.6. The standard InChI is InChI=1S/C18H12O3/c19-14-7-13-6-12-5-10-3-1-2-4-11(10)8-15(12)18(21)17(13)16(20)9-14/h1-5,8H,6-7,9H2. The Morgan fingerprint density at radius 3 is 2.29 bits per heavy atom. The van der Waals surface area contributed by atoms with Crippen molar-refractivity contribution in [1.82, 2.24) is 0 Å². The van der Waals surface area contributed by atoms with Crippen LogP contribution in [0.3, 0.4) is 0 Å². The van der Waals surface area contributed by atoms with E-state index in [0.717, 1.165) is 16.3 Å². The number of allylic oxidation sites excluding steroid dienone is 2. The van der Waals surface area contributed by atoms with Crippen LogP contribution in [0, 0.1) is 0 Å². The lowest BCUT2D eigenvalue weighted by molar-refractivity contribution is -0.125. The van der Waals surface area contributed by atoms with E-state index >= 15 is 0 Å². The Kier molecular flexibility index (Phi) is 2.45. The number of Topliss-reactive ketones (excluding diaryl/α,β-unsaturated/α-hetero) is 3. The Morgan fingerprint density at radius 2 is 1.52 bits per heavy atom. The highest BCUT2D eigenvalue weighted by Gasteiger charge is 2.35. The maximum absolute atomic E-state index is 12.6. The largest absolute Gasteiger partial charge is 0.299 e. The summed E-state index contributed by atoms with van der Waals surface area (Å²) >= 11 is 0. The second-order valence-electron chi connectivity index (χ2n) is 5.66. The monoisotopic (exact) mass is 276 g/mol. The van der Waals surface area contributed by atoms with Gasteiger partial charge in [0.2, 0.25) is 0 Å². The number of hydrogen-bond donors (Lipinski definition) is 0. The molecule has 0 aliphatic heterocycles. The Morgan fingerprint density at radius 1 is 0.810 bits per heavy atom. The molecule has 2 aliphatic carbocycles. The van der Waals surface area contributed by atoms with Gasteiger partial charge in [0.15, 0.2) is 11.6 Å². The van der Waals surface area contributed by atoms with E-state index in [-0.39, 0.29) is 35.8 Å². The van der Waals surface area contributed by atoms with E-state index in [2.05, 4.69) is 0 Å². The first-order chi connectivity index (χ1) is 10.1. The molecule has 4 rings (SSSR count). The number of benzene rings is 2. The molecule has 0 unspecified atom stereocenters. The normalized spacial score (nSPS) is 18.0. The minimum absolute atomic E-state index is 0.0872. The molecule has 0 bridgehead atoms. The van der Waals surface area contributed by atoms with Gasteiger partial charge in [-0.05, 0) is 34.4 Å². The van der Waals surface area contributed by atoms with E-state index in [1.807, 2.05) is 36.4 Å². The third kappa shape index (κ3) is 1.77. The van der Waals surface area contributed by atoms with Crippen LogP contribution in [0.25, 0.3) is 10.8 Å². The molecule has 0 saturated carbocycles. The van der Waals surface area contributed by atoms with Gasteiger partial charge in [0.1, 0.15) is 5.78 Å². The summed E-state index contributed by atoms with van der Waals surface area (Å²) in [5, 5.41) is 2.06. The van der Waals surface area contributed by atoms with Crippen LogP contribution in [0.1, 0.15) is 28.8 Å². The van der Waals surface area contributed by atoms with Crippen LogP contribution in [-0.2, 0) is 16.0 Å². The molecule has 0 radical (unpaired) electrons. The average molecular weight is 276 g/mol. The van der Waals surface area contributed by atoms with Gasteiger partial charge in [-0.25, -0.2) is 0 Å². The van der Waals surface area contributed by atoms with Gasteiger partial charge in [0, 0.05) is 12.0 Å². The summed E-state index contributed by atoms with van der Waals surface area (Å²) in [7, 11) is 0. The summed E-state index contributed by atoms with van der Waals surface area (Å²) in [5.74, 6) is -0.615. The van der Waals surface area contributed by atoms with Crippen molar-refractivity contribution in [3.8, 4) is 0 Å². The number of carbonyl (C=O) groups excluding carboxylic acids is 3. The van der Waals surface area contributed by atoms with E-state index < -0.39 is 0 Å². The summed E-state index contributed by atoms with van der Waals surface area (Å²) in [6.45, 7) is 0. The van der Waals surface area contributed by atoms with E-state index in [9.17, 15) is 14.4 Å². The van der Waals surface area contributed by atoms with Gasteiger partial charge in [-0.2, -0.15) is 0 Å². The third-order valence-corrected chi connectivity index (χ3v) is 4.25. The summed E-state index contributed by atoms with van der Waals surface area (Å²) < 4.78 is 0. The molecule has 2 aromatic rings. The molecule has 0 spiro atoms. The average Bonchev–Trinajstić information content (AvgIpc) is 2.45. The molecule has 0 amide bonds. The van der Waals surface area contributed by atoms with Gasteiger partial charge in [0.05, 0.1) is 12.0 Å². The van der Waals surface area contributed by atoms with Gasteiger partial charge in [-0.3, -0.25) is 14.4 Å². The highest BCUT2D eigenvalue weighted by atomic mass is 16.2. The molecule has 3 heteroatoms. The maximum atomic E-state index is 12.6. The van der Waals surface area contributed by atoms with Crippen molar-refractivity contribution in [1.29, 1.82) is 0 Å². The van der Waals surface area contributed by atoms with Crippen molar-refractivity contribution in [3.63, 3.8) is 0 Å². The van der Waals surface area contributed by atoms with Gasteiger partial charge in [-0.1, -0.05) is 30.3 Å². The van der Waals surface area contributed by atoms with Gasteiger partial charge >= 0.3 is 0 Å². The molecule has 21 heavy (non-hydrogen) atoms. The number of rotatable bonds is 0. The highest BCUT2D eigenvalue weighted by molar-refractivity contribution is 6.32. The molecule has 0 N–H and O–H groups in total. The molecule has 2 aliphatic rings. The van der Waals surface area contributed by atoms with Gasteiger partial charge < -0.3 is 0 Å². The Balaban J connectivity index is 1.93. The summed E-state index contributed by atoms with van der Waals surface area (Å²) in [5.41, 5.74) is 2.48. The number of ketones is 3. The molecule has 0 aromatic heterocycles. The predicted molar refractivity (Wildman–Crippen MR) is 78.3 cm³/mol. The zero-order valence-electron chi connectivity index (χ0n) is 11.3. The zero-order valence-corrected chi connectivity index (χ0v) is 11.3. The summed E-state index contributed by atoms with van der Waals surface area (Å²) in [4.78, 5) is 36.2. The van der Waals surface area contributed by atoms with Gasteiger partial charge in [-0.15, -0.1) is 0 Å². The summed E-state index contributed by atoms with van der Waals surface area (Å²) in [6, 6.07) is 11.7. The number of fused-ring (bicyclic) bond motifs is 2. The second-order valence-corrected chi connectivity index (χ2v) is 5.66. The minimum atomic E-state index is -0.315. The fraction of sp³-hybridized carbons (Fsp3) is 0.167. The van der Waals surface area contributed by atoms with Crippen LogP contribution in [0.5, 0.6) is 0 Å². The van der Waals surface area contributed by atoms with Crippen molar-refractivity contribution in [2.45, 2.75) is 19.3 Å². The molecule has 2 aromatic carbocycles. The van der Waals surface area contributed by atoms with Crippen LogP contribution < -0.4 is 0 Å². The van der Waals surface area contributed by atoms with Crippen molar-refractivity contribution < 1.29 is 14.4 Å². The topological polar surface area (TPSA) is 51.2 Å². The summed E-state index contributed by atoms with van der Waals surface area (Å²) in [6.07, 6.45) is 0.630. The van der Waals surface area contributed by atoms with E-state index in [4.69, 9.17) is 0 Å². The highest BCUT2D eigenvalue weighted by Crippen LogP contribution is 2.34. The molecular weight excluding hydrogens is 264 g/mol. The smallest absolute Gasteiger partial charge is 0.196 e. The fourth-order valence-electron chi connectivity index (χ4n) is 3.30. The Hall–Kier alpha value is -2.55. The Bertz CT molecular complexity index is 871. The fourth-order valence-corrected chi connectivity index (χ4v) is 3.30. The lowest BCUT2D eigenvalue weighted by Crippen LogP contribution is -2.29. The van der Waals surface area contributed by atoms with Crippen LogP contribution >= 0.6 is 0 Å². The second kappa shape index (κ2) is 4.22. The Labute approximate surface area is 121 Å². The molecule has 0 atom stereocenters. The lowest BCUT2D eigenvalue weighted by atomic mass is 9.76. The molecule has 102 valence electrons. The molecule has 0 fully saturated rings. The van der Waals surface area contributed by atoms with E-state index in [0.29, 0.717) is 17.6 Å². The SMILES string of the molecule is O=C1CC(=O)C2=C(C1)Cc1cc3ccccc3cc1C2=O. The van der Waals surface area contributed by atoms with Gasteiger partial charge in [0.25, 0.3) is 0 Å². The quantitative estimate of drug-likeness (QED) is 0.549. The first-order valence-corrected chi connectivity index (χ1v) is 6.97. The molecule has 3 nitrogen and oxygen atoms in total. The van der Waals surface area contributed by atoms with Crippen molar-refractivity contribution in [2.24, 2.45) is 0 Å². The van der Waals surface area contributed by atoms with Crippen molar-refractivity contribution >= 4 is 28.1 Å². The first-order valence-electron chi connectivity index (χ1n) is 6.97. The molecule has 0 heterocycles. The molecule has 0 saturated heterocycles. The van der Waals surface area contributed by atoms with E-state index in [1.54, 1.807) is 0 Å². The minimum Gasteiger partial charge on any atom is -0.299 e. The van der Waals surface area contributed by atoms with E-state index in [1.165, 1.54) is 0 Å². The number of hydrogen-bond acceptors (Lipinski definition) is 3. The number of carbonyl (C=O) groups is 3. The third-order valence-electron chi connectivity index (χ3n) is 4.25. The van der Waals surface area contributed by atoms with Crippen LogP contribution in [0.4, 0.5) is 0 Å². The lowest BCUT2D eigenvalue weighted by Gasteiger charge is -2.24. The van der Waals surface area contributed by atoms with Crippen LogP contribution in [0.2, 0.25) is 0 Å². The van der Waals surface area contributed by atoms with Crippen LogP contribution in [0.15, 0.2) is 47.5 Å². The van der Waals surface area contributed by atoms with Crippen LogP contribution in [-0.4, -0.2) is 17.3 Å². The first kappa shape index (κ1) is 12.2. The molecular formula is C18H12O3. The predicted octanol–water partition coefficient (Wildman–Crippen LogP) is 2.81. The van der Waals surface area contributed by atoms with Crippen molar-refractivity contribution in [3.05, 3.63) is 58.7 Å². The maximum Gasteiger partial charge on any atom is 0.196 e. The van der Waals surface area contributed by atoms with Crippen molar-refractivity contribution in [2.75, 3.05) is 0 Å².